The number of amides is 1. The Bertz CT molecular complexity index is 1020. The summed E-state index contributed by atoms with van der Waals surface area (Å²) < 4.78 is 2.10. The number of β-amino-alcohol motifs (C(OH)–C–C–N with tert-alkyl or cyclic N) is 1. The zero-order chi connectivity index (χ0) is 21.3. The summed E-state index contributed by atoms with van der Waals surface area (Å²) >= 11 is 0. The van der Waals surface area contributed by atoms with Crippen LogP contribution in [0.2, 0.25) is 0 Å². The lowest BCUT2D eigenvalue weighted by Crippen LogP contribution is -2.54. The largest absolute Gasteiger partial charge is 0.389 e. The van der Waals surface area contributed by atoms with Gasteiger partial charge in [0, 0.05) is 35.6 Å². The molecule has 2 fully saturated rings. The lowest BCUT2D eigenvalue weighted by Gasteiger charge is -2.43. The second-order valence-corrected chi connectivity index (χ2v) is 8.44. The molecule has 2 aromatic carbocycles. The van der Waals surface area contributed by atoms with Crippen molar-refractivity contribution in [3.8, 4) is 0 Å². The Kier molecular flexibility index (Phi) is 5.70. The Morgan fingerprint density at radius 2 is 1.73 bits per heavy atom. The minimum absolute atomic E-state index is 0.0501. The molecule has 1 amide bonds. The number of rotatable bonds is 4. The molecule has 4 heteroatoms. The van der Waals surface area contributed by atoms with E-state index >= 15 is 0 Å². The molecule has 0 spiro atoms. The first-order valence-electron chi connectivity index (χ1n) is 11.2. The molecule has 0 bridgehead atoms. The Morgan fingerprint density at radius 1 is 1.07 bits per heavy atom. The topological polar surface area (TPSA) is 45.5 Å². The van der Waals surface area contributed by atoms with Crippen LogP contribution in [0.1, 0.15) is 49.8 Å². The number of benzene rings is 2. The third kappa shape index (κ3) is 3.43. The maximum absolute atomic E-state index is 12.6. The molecule has 30 heavy (non-hydrogen) atoms. The van der Waals surface area contributed by atoms with Crippen molar-refractivity contribution in [1.29, 1.82) is 0 Å². The fourth-order valence-corrected chi connectivity index (χ4v) is 4.78. The van der Waals surface area contributed by atoms with Gasteiger partial charge in [-0.25, -0.2) is 0 Å². The van der Waals surface area contributed by atoms with Crippen LogP contribution < -0.4 is 0 Å². The molecule has 4 nitrogen and oxygen atoms in total. The van der Waals surface area contributed by atoms with Crippen molar-refractivity contribution in [3.05, 3.63) is 71.4 Å². The molecule has 0 radical (unpaired) electrons. The molecule has 0 unspecified atom stereocenters. The van der Waals surface area contributed by atoms with E-state index in [1.807, 2.05) is 19.9 Å². The summed E-state index contributed by atoms with van der Waals surface area (Å²) in [5.74, 6) is 0.0793. The van der Waals surface area contributed by atoms with E-state index in [4.69, 9.17) is 0 Å². The zero-order valence-electron chi connectivity index (χ0n) is 18.3. The van der Waals surface area contributed by atoms with Crippen molar-refractivity contribution in [2.45, 2.75) is 58.1 Å². The standard InChI is InChI=1S/C24H26N2O2.C2H6/c1-17-7-9-18(10-8-17)24(11-4-12-24)21-15-25(22-6-3-2-5-20(21)22)16-23(28)26-13-19(27)14-26;1-2/h2-3,5-10,15,19,27H,4,11-14,16H2,1H3;1-2H3. The van der Waals surface area contributed by atoms with Gasteiger partial charge in [0.1, 0.15) is 6.54 Å². The number of para-hydroxylation sites is 1. The highest BCUT2D eigenvalue weighted by Gasteiger charge is 2.42. The minimum Gasteiger partial charge on any atom is -0.389 e. The van der Waals surface area contributed by atoms with Crippen LogP contribution in [0.4, 0.5) is 0 Å². The zero-order valence-corrected chi connectivity index (χ0v) is 18.3. The van der Waals surface area contributed by atoms with Gasteiger partial charge < -0.3 is 14.6 Å². The first-order chi connectivity index (χ1) is 14.6. The van der Waals surface area contributed by atoms with Gasteiger partial charge in [0.15, 0.2) is 0 Å². The molecule has 1 saturated carbocycles. The quantitative estimate of drug-likeness (QED) is 0.688. The number of aliphatic hydroxyl groups excluding tert-OH is 1. The van der Waals surface area contributed by atoms with E-state index in [1.165, 1.54) is 28.5 Å². The fraction of sp³-hybridized carbons (Fsp3) is 0.423. The van der Waals surface area contributed by atoms with Crippen molar-refractivity contribution in [2.75, 3.05) is 13.1 Å². The molecule has 5 rings (SSSR count). The van der Waals surface area contributed by atoms with E-state index in [-0.39, 0.29) is 17.4 Å². The van der Waals surface area contributed by atoms with Crippen molar-refractivity contribution < 1.29 is 9.90 Å². The lowest BCUT2D eigenvalue weighted by atomic mass is 9.60. The summed E-state index contributed by atoms with van der Waals surface area (Å²) in [7, 11) is 0. The van der Waals surface area contributed by atoms with Crippen LogP contribution in [0.15, 0.2) is 54.7 Å². The number of hydrogen-bond donors (Lipinski definition) is 1. The first-order valence-corrected chi connectivity index (χ1v) is 11.2. The molecule has 158 valence electrons. The van der Waals surface area contributed by atoms with Crippen LogP contribution in [0.3, 0.4) is 0 Å². The van der Waals surface area contributed by atoms with Crippen molar-refractivity contribution in [2.24, 2.45) is 0 Å². The number of fused-ring (bicyclic) bond motifs is 1. The first kappa shape index (κ1) is 20.7. The molecule has 2 aliphatic rings. The molecule has 0 atom stereocenters. The molecular weight excluding hydrogens is 372 g/mol. The third-order valence-corrected chi connectivity index (χ3v) is 6.64. The van der Waals surface area contributed by atoms with Crippen LogP contribution in [0, 0.1) is 6.92 Å². The number of aromatic nitrogens is 1. The van der Waals surface area contributed by atoms with E-state index in [1.54, 1.807) is 4.90 Å². The highest BCUT2D eigenvalue weighted by molar-refractivity contribution is 5.88. The molecule has 1 N–H and O–H groups in total. The number of aliphatic hydroxyl groups is 1. The summed E-state index contributed by atoms with van der Waals surface area (Å²) in [5, 5.41) is 10.7. The third-order valence-electron chi connectivity index (χ3n) is 6.64. The van der Waals surface area contributed by atoms with E-state index < -0.39 is 0 Å². The summed E-state index contributed by atoms with van der Waals surface area (Å²) in [6, 6.07) is 17.4. The number of carbonyl (C=O) groups excluding carboxylic acids is 1. The van der Waals surface area contributed by atoms with E-state index in [0.717, 1.165) is 18.4 Å². The number of aryl methyl sites for hydroxylation is 1. The average molecular weight is 405 g/mol. The van der Waals surface area contributed by atoms with Crippen LogP contribution in [-0.2, 0) is 16.8 Å². The van der Waals surface area contributed by atoms with Gasteiger partial charge in [0.2, 0.25) is 5.91 Å². The minimum atomic E-state index is -0.360. The monoisotopic (exact) mass is 404 g/mol. The van der Waals surface area contributed by atoms with Crippen molar-refractivity contribution in [1.82, 2.24) is 9.47 Å². The summed E-state index contributed by atoms with van der Waals surface area (Å²) in [5.41, 5.74) is 5.17. The summed E-state index contributed by atoms with van der Waals surface area (Å²) in [6.07, 6.45) is 5.38. The number of carbonyl (C=O) groups is 1. The number of hydrogen-bond acceptors (Lipinski definition) is 2. The summed E-state index contributed by atoms with van der Waals surface area (Å²) in [4.78, 5) is 14.4. The Balaban J connectivity index is 0.00000106. The Labute approximate surface area is 179 Å². The van der Waals surface area contributed by atoms with Gasteiger partial charge >= 0.3 is 0 Å². The molecule has 1 aliphatic heterocycles. The second-order valence-electron chi connectivity index (χ2n) is 8.44. The van der Waals surface area contributed by atoms with E-state index in [2.05, 4.69) is 60.2 Å². The van der Waals surface area contributed by atoms with Gasteiger partial charge in [-0.2, -0.15) is 0 Å². The lowest BCUT2D eigenvalue weighted by molar-refractivity contribution is -0.141. The predicted molar refractivity (Wildman–Crippen MR) is 122 cm³/mol. The van der Waals surface area contributed by atoms with Gasteiger partial charge in [-0.1, -0.05) is 68.3 Å². The van der Waals surface area contributed by atoms with Gasteiger partial charge in [0.05, 0.1) is 6.10 Å². The van der Waals surface area contributed by atoms with Gasteiger partial charge in [-0.15, -0.1) is 0 Å². The van der Waals surface area contributed by atoms with Crippen LogP contribution in [0.5, 0.6) is 0 Å². The van der Waals surface area contributed by atoms with Gasteiger partial charge in [-0.3, -0.25) is 4.79 Å². The van der Waals surface area contributed by atoms with E-state index in [0.29, 0.717) is 19.6 Å². The summed E-state index contributed by atoms with van der Waals surface area (Å²) in [6.45, 7) is 7.37. The Hall–Kier alpha value is -2.59. The maximum atomic E-state index is 12.6. The van der Waals surface area contributed by atoms with Crippen LogP contribution >= 0.6 is 0 Å². The molecule has 3 aromatic rings. The number of nitrogens with zero attached hydrogens (tertiary/aromatic N) is 2. The number of likely N-dealkylation sites (tertiary alicyclic amines) is 1. The van der Waals surface area contributed by atoms with E-state index in [9.17, 15) is 9.90 Å². The second kappa shape index (κ2) is 8.27. The molecule has 1 saturated heterocycles. The highest BCUT2D eigenvalue weighted by atomic mass is 16.3. The van der Waals surface area contributed by atoms with Gasteiger partial charge in [-0.05, 0) is 37.0 Å². The molecule has 1 aromatic heterocycles. The normalized spacial score (nSPS) is 17.7. The molecule has 1 aliphatic carbocycles. The van der Waals surface area contributed by atoms with Crippen molar-refractivity contribution >= 4 is 16.8 Å². The highest BCUT2D eigenvalue weighted by Crippen LogP contribution is 2.51. The fourth-order valence-electron chi connectivity index (χ4n) is 4.78. The van der Waals surface area contributed by atoms with Crippen LogP contribution in [0.25, 0.3) is 10.9 Å². The SMILES string of the molecule is CC.Cc1ccc(C2(c3cn(CC(=O)N4CC(O)C4)c4ccccc34)CCC2)cc1. The molecular formula is C26H32N2O2. The predicted octanol–water partition coefficient (Wildman–Crippen LogP) is 4.65. The smallest absolute Gasteiger partial charge is 0.242 e. The van der Waals surface area contributed by atoms with Crippen LogP contribution in [-0.4, -0.2) is 39.7 Å². The molecule has 2 heterocycles. The Morgan fingerprint density at radius 3 is 2.33 bits per heavy atom. The van der Waals surface area contributed by atoms with Crippen molar-refractivity contribution in [3.63, 3.8) is 0 Å². The maximum Gasteiger partial charge on any atom is 0.242 e. The average Bonchev–Trinajstić information content (AvgIpc) is 3.06. The van der Waals surface area contributed by atoms with Gasteiger partial charge in [0.25, 0.3) is 0 Å².